The second-order valence-electron chi connectivity index (χ2n) is 7.69. The average molecular weight is 410 g/mol. The van der Waals surface area contributed by atoms with Crippen LogP contribution < -0.4 is 0 Å². The van der Waals surface area contributed by atoms with Gasteiger partial charge in [0, 0.05) is 49.0 Å². The molecular formula is C24H22N6O. The highest BCUT2D eigenvalue weighted by atomic mass is 16.2. The highest BCUT2D eigenvalue weighted by molar-refractivity contribution is 5.95. The van der Waals surface area contributed by atoms with E-state index in [1.54, 1.807) is 24.8 Å². The molecule has 0 aliphatic carbocycles. The van der Waals surface area contributed by atoms with Crippen molar-refractivity contribution in [1.82, 2.24) is 29.9 Å². The topological polar surface area (TPSA) is 76.8 Å². The van der Waals surface area contributed by atoms with Crippen LogP contribution in [0.25, 0.3) is 22.4 Å². The van der Waals surface area contributed by atoms with Crippen LogP contribution in [0.5, 0.6) is 0 Å². The Morgan fingerprint density at radius 3 is 2.65 bits per heavy atom. The van der Waals surface area contributed by atoms with Gasteiger partial charge in [0.25, 0.3) is 5.91 Å². The second kappa shape index (κ2) is 8.47. The van der Waals surface area contributed by atoms with E-state index in [9.17, 15) is 4.79 Å². The number of nitrogens with zero attached hydrogens (tertiary/aromatic N) is 6. The van der Waals surface area contributed by atoms with Crippen LogP contribution in [0.4, 0.5) is 0 Å². The van der Waals surface area contributed by atoms with Gasteiger partial charge < -0.3 is 4.90 Å². The number of piperidine rings is 1. The third-order valence-corrected chi connectivity index (χ3v) is 5.65. The van der Waals surface area contributed by atoms with Crippen LogP contribution in [0.1, 0.15) is 29.2 Å². The molecule has 0 N–H and O–H groups in total. The maximum Gasteiger partial charge on any atom is 0.253 e. The summed E-state index contributed by atoms with van der Waals surface area (Å²) >= 11 is 0. The minimum Gasteiger partial charge on any atom is -0.337 e. The summed E-state index contributed by atoms with van der Waals surface area (Å²) in [7, 11) is 0. The molecule has 0 saturated carbocycles. The molecule has 4 heterocycles. The van der Waals surface area contributed by atoms with Crippen molar-refractivity contribution in [3.8, 4) is 22.4 Å². The molecule has 1 saturated heterocycles. The Morgan fingerprint density at radius 1 is 0.935 bits per heavy atom. The van der Waals surface area contributed by atoms with Crippen LogP contribution in [0.2, 0.25) is 0 Å². The molecule has 1 atom stereocenters. The molecule has 7 nitrogen and oxygen atoms in total. The Balaban J connectivity index is 1.33. The highest BCUT2D eigenvalue weighted by Gasteiger charge is 2.26. The average Bonchev–Trinajstić information content (AvgIpc) is 3.35. The van der Waals surface area contributed by atoms with Crippen molar-refractivity contribution in [2.45, 2.75) is 18.9 Å². The largest absolute Gasteiger partial charge is 0.337 e. The van der Waals surface area contributed by atoms with Gasteiger partial charge in [0.1, 0.15) is 5.69 Å². The number of carbonyl (C=O) groups excluding carboxylic acids is 1. The van der Waals surface area contributed by atoms with Crippen LogP contribution in [0, 0.1) is 0 Å². The highest BCUT2D eigenvalue weighted by Crippen LogP contribution is 2.25. The number of likely N-dealkylation sites (tertiary alicyclic amines) is 1. The normalized spacial score (nSPS) is 16.3. The first-order chi connectivity index (χ1) is 15.3. The van der Waals surface area contributed by atoms with Gasteiger partial charge >= 0.3 is 0 Å². The zero-order valence-corrected chi connectivity index (χ0v) is 17.0. The summed E-state index contributed by atoms with van der Waals surface area (Å²) in [6.45, 7) is 1.37. The molecule has 7 heteroatoms. The molecule has 154 valence electrons. The van der Waals surface area contributed by atoms with Crippen molar-refractivity contribution < 1.29 is 4.79 Å². The number of pyridine rings is 2. The van der Waals surface area contributed by atoms with Gasteiger partial charge in [0.05, 0.1) is 12.2 Å². The Kier molecular flexibility index (Phi) is 5.22. The number of carbonyl (C=O) groups is 1. The van der Waals surface area contributed by atoms with Crippen LogP contribution in [-0.4, -0.2) is 48.9 Å². The first-order valence-electron chi connectivity index (χ1n) is 10.4. The van der Waals surface area contributed by atoms with E-state index in [1.165, 1.54) is 0 Å². The summed E-state index contributed by atoms with van der Waals surface area (Å²) in [6.07, 6.45) is 10.9. The monoisotopic (exact) mass is 410 g/mol. The third-order valence-electron chi connectivity index (χ3n) is 5.65. The standard InChI is InChI=1S/C24H22N6O/c31-24(20-5-1-4-19(14-20)18-8-11-25-12-9-18)29-13-3-7-22(16-29)30-17-23(27-28-30)21-6-2-10-26-15-21/h1-2,4-6,8-12,14-15,17,22H,3,7,13,16H2. The Labute approximate surface area is 180 Å². The number of benzene rings is 1. The minimum absolute atomic E-state index is 0.0493. The number of aromatic nitrogens is 5. The summed E-state index contributed by atoms with van der Waals surface area (Å²) in [6, 6.07) is 15.6. The number of hydrogen-bond acceptors (Lipinski definition) is 5. The molecule has 1 aliphatic heterocycles. The molecule has 1 unspecified atom stereocenters. The van der Waals surface area contributed by atoms with E-state index >= 15 is 0 Å². The van der Waals surface area contributed by atoms with Crippen molar-refractivity contribution in [1.29, 1.82) is 0 Å². The van der Waals surface area contributed by atoms with Crippen molar-refractivity contribution >= 4 is 5.91 Å². The van der Waals surface area contributed by atoms with Gasteiger partial charge in [-0.2, -0.15) is 0 Å². The second-order valence-corrected chi connectivity index (χ2v) is 7.69. The Hall–Kier alpha value is -3.87. The molecule has 0 bridgehead atoms. The van der Waals surface area contributed by atoms with Crippen LogP contribution in [0.15, 0.2) is 79.5 Å². The maximum absolute atomic E-state index is 13.2. The van der Waals surface area contributed by atoms with Crippen molar-refractivity contribution in [2.75, 3.05) is 13.1 Å². The van der Waals surface area contributed by atoms with Gasteiger partial charge in [0.15, 0.2) is 0 Å². The Bertz CT molecular complexity index is 1170. The molecule has 4 aromatic rings. The van der Waals surface area contributed by atoms with Gasteiger partial charge in [-0.3, -0.25) is 14.8 Å². The van der Waals surface area contributed by atoms with Gasteiger partial charge in [-0.05, 0) is 60.4 Å². The van der Waals surface area contributed by atoms with Crippen molar-refractivity contribution in [3.63, 3.8) is 0 Å². The van der Waals surface area contributed by atoms with Gasteiger partial charge in [-0.15, -0.1) is 5.10 Å². The first-order valence-corrected chi connectivity index (χ1v) is 10.4. The fourth-order valence-corrected chi connectivity index (χ4v) is 4.02. The number of amides is 1. The summed E-state index contributed by atoms with van der Waals surface area (Å²) in [4.78, 5) is 23.4. The molecular weight excluding hydrogens is 388 g/mol. The van der Waals surface area contributed by atoms with Crippen LogP contribution in [0.3, 0.4) is 0 Å². The zero-order valence-electron chi connectivity index (χ0n) is 17.0. The molecule has 1 aromatic carbocycles. The molecule has 0 spiro atoms. The van der Waals surface area contributed by atoms with Gasteiger partial charge in [-0.1, -0.05) is 17.3 Å². The van der Waals surface area contributed by atoms with Crippen LogP contribution >= 0.6 is 0 Å². The lowest BCUT2D eigenvalue weighted by molar-refractivity contribution is 0.0672. The molecule has 1 amide bonds. The smallest absolute Gasteiger partial charge is 0.253 e. The minimum atomic E-state index is 0.0493. The molecule has 0 radical (unpaired) electrons. The predicted molar refractivity (Wildman–Crippen MR) is 117 cm³/mol. The van der Waals surface area contributed by atoms with E-state index in [-0.39, 0.29) is 11.9 Å². The molecule has 1 aliphatic rings. The Morgan fingerprint density at radius 2 is 1.81 bits per heavy atom. The van der Waals surface area contributed by atoms with Gasteiger partial charge in [-0.25, -0.2) is 4.68 Å². The van der Waals surface area contributed by atoms with Crippen molar-refractivity contribution in [3.05, 3.63) is 85.1 Å². The van der Waals surface area contributed by atoms with E-state index in [2.05, 4.69) is 20.3 Å². The lowest BCUT2D eigenvalue weighted by Gasteiger charge is -2.32. The fraction of sp³-hybridized carbons (Fsp3) is 0.208. The zero-order chi connectivity index (χ0) is 21.0. The number of hydrogen-bond donors (Lipinski definition) is 0. The summed E-state index contributed by atoms with van der Waals surface area (Å²) in [5.41, 5.74) is 4.49. The third kappa shape index (κ3) is 4.07. The quantitative estimate of drug-likeness (QED) is 0.510. The first kappa shape index (κ1) is 19.1. The van der Waals surface area contributed by atoms with Gasteiger partial charge in [0.2, 0.25) is 0 Å². The lowest BCUT2D eigenvalue weighted by Crippen LogP contribution is -2.40. The van der Waals surface area contributed by atoms with E-state index in [0.29, 0.717) is 12.1 Å². The molecule has 1 fully saturated rings. The van der Waals surface area contributed by atoms with Crippen LogP contribution in [-0.2, 0) is 0 Å². The lowest BCUT2D eigenvalue weighted by atomic mass is 10.0. The van der Waals surface area contributed by atoms with E-state index in [4.69, 9.17) is 0 Å². The number of rotatable bonds is 4. The predicted octanol–water partition coefficient (Wildman–Crippen LogP) is 3.88. The maximum atomic E-state index is 13.2. The fourth-order valence-electron chi connectivity index (χ4n) is 4.02. The van der Waals surface area contributed by atoms with E-state index in [0.717, 1.165) is 41.8 Å². The summed E-state index contributed by atoms with van der Waals surface area (Å²) in [5, 5.41) is 8.63. The molecule has 5 rings (SSSR count). The molecule has 3 aromatic heterocycles. The van der Waals surface area contributed by atoms with E-state index < -0.39 is 0 Å². The summed E-state index contributed by atoms with van der Waals surface area (Å²) < 4.78 is 1.88. The summed E-state index contributed by atoms with van der Waals surface area (Å²) in [5.74, 6) is 0.0493. The SMILES string of the molecule is O=C(c1cccc(-c2ccncc2)c1)N1CCCC(n2cc(-c3cccnc3)nn2)C1. The van der Waals surface area contributed by atoms with Crippen molar-refractivity contribution in [2.24, 2.45) is 0 Å². The van der Waals surface area contributed by atoms with E-state index in [1.807, 2.05) is 64.3 Å². The molecule has 31 heavy (non-hydrogen) atoms.